The van der Waals surface area contributed by atoms with E-state index in [1.54, 1.807) is 24.3 Å². The quantitative estimate of drug-likeness (QED) is 0.671. The molecular weight excluding hydrogens is 246 g/mol. The molecule has 2 rings (SSSR count). The first-order chi connectivity index (χ1) is 9.11. The molecule has 1 aromatic carbocycles. The minimum absolute atomic E-state index is 0.142. The first-order valence-electron chi connectivity index (χ1n) is 6.15. The number of aliphatic hydroxyl groups is 1. The number of rotatable bonds is 3. The van der Waals surface area contributed by atoms with Gasteiger partial charge >= 0.3 is 0 Å². The topological polar surface area (TPSA) is 95.7 Å². The summed E-state index contributed by atoms with van der Waals surface area (Å²) in [6.07, 6.45) is -0.554. The Bertz CT molecular complexity index is 463. The van der Waals surface area contributed by atoms with E-state index in [2.05, 4.69) is 5.32 Å². The van der Waals surface area contributed by atoms with E-state index in [1.807, 2.05) is 6.07 Å². The molecule has 2 amide bonds. The number of nitrogens with zero attached hydrogens (tertiary/aromatic N) is 1. The lowest BCUT2D eigenvalue weighted by atomic mass is 10.2. The zero-order chi connectivity index (χ0) is 13.8. The smallest absolute Gasteiger partial charge is 0.251 e. The lowest BCUT2D eigenvalue weighted by Gasteiger charge is -2.19. The summed E-state index contributed by atoms with van der Waals surface area (Å²) in [6.45, 7) is 0.145. The number of aliphatic hydroxyl groups excluding tert-OH is 1. The second-order valence-corrected chi connectivity index (χ2v) is 4.50. The fourth-order valence-electron chi connectivity index (χ4n) is 2.16. The fourth-order valence-corrected chi connectivity index (χ4v) is 2.16. The number of benzene rings is 1. The zero-order valence-corrected chi connectivity index (χ0v) is 10.5. The number of carbonyl (C=O) groups excluding carboxylic acids is 2. The molecule has 6 heteroatoms. The molecule has 0 bridgehead atoms. The van der Waals surface area contributed by atoms with Gasteiger partial charge in [-0.1, -0.05) is 18.2 Å². The summed E-state index contributed by atoms with van der Waals surface area (Å²) in [6, 6.07) is 8.56. The highest BCUT2D eigenvalue weighted by Gasteiger charge is 2.34. The molecule has 0 spiro atoms. The second-order valence-electron chi connectivity index (χ2n) is 4.50. The number of nitrogens with two attached hydrogens (primary N) is 1. The van der Waals surface area contributed by atoms with Gasteiger partial charge < -0.3 is 21.1 Å². The second kappa shape index (κ2) is 5.81. The third-order valence-corrected chi connectivity index (χ3v) is 3.14. The van der Waals surface area contributed by atoms with Crippen LogP contribution in [0, 0.1) is 0 Å². The predicted octanol–water partition coefficient (Wildman–Crippen LogP) is -0.706. The summed E-state index contributed by atoms with van der Waals surface area (Å²) < 4.78 is 0. The predicted molar refractivity (Wildman–Crippen MR) is 69.1 cm³/mol. The maximum absolute atomic E-state index is 11.9. The molecule has 0 aromatic heterocycles. The van der Waals surface area contributed by atoms with Gasteiger partial charge in [-0.2, -0.15) is 0 Å². The van der Waals surface area contributed by atoms with Crippen LogP contribution < -0.4 is 11.1 Å². The van der Waals surface area contributed by atoms with Gasteiger partial charge in [0.1, 0.15) is 6.23 Å². The standard InChI is InChI=1S/C13H17N3O3/c14-7-12(18)16-8-10(6-11(16)17)15-13(19)9-4-2-1-3-5-9/h1-5,10-11,17H,6-8,14H2,(H,15,19). The largest absolute Gasteiger partial charge is 0.373 e. The Balaban J connectivity index is 1.95. The molecule has 2 atom stereocenters. The molecule has 1 aliphatic rings. The molecule has 1 aromatic rings. The molecular formula is C13H17N3O3. The van der Waals surface area contributed by atoms with E-state index in [1.165, 1.54) is 4.90 Å². The molecule has 1 fully saturated rings. The van der Waals surface area contributed by atoms with Crippen molar-refractivity contribution in [1.82, 2.24) is 10.2 Å². The first-order valence-corrected chi connectivity index (χ1v) is 6.15. The molecule has 19 heavy (non-hydrogen) atoms. The molecule has 0 radical (unpaired) electrons. The third kappa shape index (κ3) is 3.10. The maximum atomic E-state index is 11.9. The molecule has 0 aliphatic carbocycles. The van der Waals surface area contributed by atoms with E-state index in [4.69, 9.17) is 5.73 Å². The Morgan fingerprint density at radius 3 is 2.68 bits per heavy atom. The Labute approximate surface area is 111 Å². The monoisotopic (exact) mass is 263 g/mol. The number of likely N-dealkylation sites (tertiary alicyclic amines) is 1. The molecule has 1 aliphatic heterocycles. The lowest BCUT2D eigenvalue weighted by molar-refractivity contribution is -0.136. The van der Waals surface area contributed by atoms with Crippen molar-refractivity contribution in [3.8, 4) is 0 Å². The highest BCUT2D eigenvalue weighted by molar-refractivity contribution is 5.94. The van der Waals surface area contributed by atoms with Crippen LogP contribution in [0.2, 0.25) is 0 Å². The van der Waals surface area contributed by atoms with Crippen molar-refractivity contribution in [3.05, 3.63) is 35.9 Å². The van der Waals surface area contributed by atoms with Crippen molar-refractivity contribution >= 4 is 11.8 Å². The number of hydrogen-bond acceptors (Lipinski definition) is 4. The van der Waals surface area contributed by atoms with Crippen LogP contribution in [0.5, 0.6) is 0 Å². The molecule has 1 heterocycles. The van der Waals surface area contributed by atoms with Gasteiger partial charge in [-0.25, -0.2) is 0 Å². The minimum Gasteiger partial charge on any atom is -0.373 e. The van der Waals surface area contributed by atoms with Gasteiger partial charge in [-0.15, -0.1) is 0 Å². The summed E-state index contributed by atoms with van der Waals surface area (Å²) >= 11 is 0. The minimum atomic E-state index is -0.878. The van der Waals surface area contributed by atoms with E-state index < -0.39 is 6.23 Å². The molecule has 6 nitrogen and oxygen atoms in total. The van der Waals surface area contributed by atoms with Crippen LogP contribution in [0.15, 0.2) is 30.3 Å². The van der Waals surface area contributed by atoms with E-state index in [0.29, 0.717) is 12.0 Å². The molecule has 102 valence electrons. The Hall–Kier alpha value is -1.92. The maximum Gasteiger partial charge on any atom is 0.251 e. The number of carbonyl (C=O) groups is 2. The van der Waals surface area contributed by atoms with Gasteiger partial charge in [0, 0.05) is 18.5 Å². The summed E-state index contributed by atoms with van der Waals surface area (Å²) in [5.74, 6) is -0.524. The zero-order valence-electron chi connectivity index (χ0n) is 10.5. The van der Waals surface area contributed by atoms with Crippen molar-refractivity contribution in [2.24, 2.45) is 5.73 Å². The Morgan fingerprint density at radius 1 is 1.37 bits per heavy atom. The van der Waals surface area contributed by atoms with Gasteiger partial charge in [-0.3, -0.25) is 9.59 Å². The van der Waals surface area contributed by atoms with Crippen LogP contribution in [0.4, 0.5) is 0 Å². The van der Waals surface area contributed by atoms with Crippen LogP contribution in [-0.2, 0) is 4.79 Å². The Kier molecular flexibility index (Phi) is 4.13. The van der Waals surface area contributed by atoms with Crippen LogP contribution in [0.25, 0.3) is 0 Å². The molecule has 1 saturated heterocycles. The van der Waals surface area contributed by atoms with E-state index in [9.17, 15) is 14.7 Å². The van der Waals surface area contributed by atoms with Crippen LogP contribution in [0.1, 0.15) is 16.8 Å². The molecule has 2 unspecified atom stereocenters. The van der Waals surface area contributed by atoms with Gasteiger partial charge in [0.05, 0.1) is 12.6 Å². The van der Waals surface area contributed by atoms with Crippen molar-refractivity contribution in [3.63, 3.8) is 0 Å². The summed E-state index contributed by atoms with van der Waals surface area (Å²) in [7, 11) is 0. The molecule has 4 N–H and O–H groups in total. The van der Waals surface area contributed by atoms with Crippen molar-refractivity contribution in [2.75, 3.05) is 13.1 Å². The third-order valence-electron chi connectivity index (χ3n) is 3.14. The molecule has 0 saturated carbocycles. The average molecular weight is 263 g/mol. The van der Waals surface area contributed by atoms with Gasteiger partial charge in [-0.05, 0) is 12.1 Å². The highest BCUT2D eigenvalue weighted by atomic mass is 16.3. The normalized spacial score (nSPS) is 22.3. The van der Waals surface area contributed by atoms with Crippen molar-refractivity contribution in [2.45, 2.75) is 18.7 Å². The lowest BCUT2D eigenvalue weighted by Crippen LogP contribution is -2.41. The van der Waals surface area contributed by atoms with E-state index >= 15 is 0 Å². The average Bonchev–Trinajstić information content (AvgIpc) is 2.79. The summed E-state index contributed by atoms with van der Waals surface area (Å²) in [5.41, 5.74) is 5.82. The first kappa shape index (κ1) is 13.5. The fraction of sp³-hybridized carbons (Fsp3) is 0.385. The van der Waals surface area contributed by atoms with Gasteiger partial charge in [0.15, 0.2) is 0 Å². The summed E-state index contributed by atoms with van der Waals surface area (Å²) in [5, 5.41) is 12.5. The van der Waals surface area contributed by atoms with Crippen molar-refractivity contribution < 1.29 is 14.7 Å². The van der Waals surface area contributed by atoms with Crippen LogP contribution in [0.3, 0.4) is 0 Å². The SMILES string of the molecule is NCC(=O)N1CC(NC(=O)c2ccccc2)CC1O. The van der Waals surface area contributed by atoms with Crippen molar-refractivity contribution in [1.29, 1.82) is 0 Å². The van der Waals surface area contributed by atoms with Crippen LogP contribution in [-0.4, -0.2) is 47.2 Å². The van der Waals surface area contributed by atoms with E-state index in [-0.39, 0.29) is 30.9 Å². The van der Waals surface area contributed by atoms with E-state index in [0.717, 1.165) is 0 Å². The van der Waals surface area contributed by atoms with Gasteiger partial charge in [0.2, 0.25) is 5.91 Å². The number of nitrogens with one attached hydrogen (secondary N) is 1. The highest BCUT2D eigenvalue weighted by Crippen LogP contribution is 2.16. The van der Waals surface area contributed by atoms with Gasteiger partial charge in [0.25, 0.3) is 5.91 Å². The number of hydrogen-bond donors (Lipinski definition) is 3. The van der Waals surface area contributed by atoms with Crippen LogP contribution >= 0.6 is 0 Å². The Morgan fingerprint density at radius 2 is 2.05 bits per heavy atom. The number of amides is 2. The summed E-state index contributed by atoms with van der Waals surface area (Å²) in [4.78, 5) is 24.7.